The van der Waals surface area contributed by atoms with E-state index in [1.807, 2.05) is 49.0 Å². The molecular weight excluding hydrogens is 230 g/mol. The smallest absolute Gasteiger partial charge is 0.166 e. The molecule has 1 aromatic rings. The molecular formula is C14H19NOS. The topological polar surface area (TPSA) is 20.3 Å². The van der Waals surface area contributed by atoms with Gasteiger partial charge in [0.1, 0.15) is 0 Å². The van der Waals surface area contributed by atoms with Crippen molar-refractivity contribution in [1.29, 1.82) is 0 Å². The van der Waals surface area contributed by atoms with Crippen LogP contribution in [0.25, 0.3) is 0 Å². The van der Waals surface area contributed by atoms with Crippen molar-refractivity contribution in [1.82, 2.24) is 4.90 Å². The third-order valence-electron chi connectivity index (χ3n) is 3.14. The van der Waals surface area contributed by atoms with Crippen molar-refractivity contribution in [2.45, 2.75) is 6.92 Å². The Morgan fingerprint density at radius 3 is 2.59 bits per heavy atom. The van der Waals surface area contributed by atoms with Gasteiger partial charge in [0.25, 0.3) is 0 Å². The molecule has 0 N–H and O–H groups in total. The lowest BCUT2D eigenvalue weighted by atomic mass is 9.99. The molecule has 0 aromatic heterocycles. The van der Waals surface area contributed by atoms with Crippen molar-refractivity contribution in [2.75, 3.05) is 31.1 Å². The van der Waals surface area contributed by atoms with Crippen LogP contribution in [0.15, 0.2) is 30.3 Å². The van der Waals surface area contributed by atoms with Crippen molar-refractivity contribution in [3.63, 3.8) is 0 Å². The summed E-state index contributed by atoms with van der Waals surface area (Å²) >= 11 is 2.00. The second-order valence-corrected chi connectivity index (χ2v) is 5.77. The number of ketones is 1. The van der Waals surface area contributed by atoms with Gasteiger partial charge in [-0.25, -0.2) is 0 Å². The fraction of sp³-hybridized carbons (Fsp3) is 0.500. The first kappa shape index (κ1) is 12.7. The second kappa shape index (κ2) is 6.22. The first-order valence-electron chi connectivity index (χ1n) is 6.17. The maximum absolute atomic E-state index is 12.2. The van der Waals surface area contributed by atoms with Crippen molar-refractivity contribution in [2.24, 2.45) is 5.92 Å². The molecule has 1 aromatic carbocycles. The maximum Gasteiger partial charge on any atom is 0.166 e. The Hall–Kier alpha value is -0.800. The van der Waals surface area contributed by atoms with Gasteiger partial charge in [0.15, 0.2) is 5.78 Å². The lowest BCUT2D eigenvalue weighted by Crippen LogP contribution is -2.37. The fourth-order valence-electron chi connectivity index (χ4n) is 2.14. The summed E-state index contributed by atoms with van der Waals surface area (Å²) in [5.41, 5.74) is 0.839. The normalized spacial score (nSPS) is 18.9. The zero-order valence-corrected chi connectivity index (χ0v) is 11.1. The largest absolute Gasteiger partial charge is 0.301 e. The van der Waals surface area contributed by atoms with Crippen LogP contribution < -0.4 is 0 Å². The van der Waals surface area contributed by atoms with Gasteiger partial charge in [-0.15, -0.1) is 0 Å². The van der Waals surface area contributed by atoms with Gasteiger partial charge in [0, 0.05) is 42.6 Å². The van der Waals surface area contributed by atoms with E-state index in [1.165, 1.54) is 11.5 Å². The minimum atomic E-state index is 0.0977. The van der Waals surface area contributed by atoms with Crippen LogP contribution in [0, 0.1) is 5.92 Å². The van der Waals surface area contributed by atoms with Crippen LogP contribution >= 0.6 is 11.8 Å². The standard InChI is InChI=1S/C14H19NOS/c1-12(11-15-7-9-17-10-8-15)14(16)13-5-3-2-4-6-13/h2-6,12H,7-11H2,1H3. The highest BCUT2D eigenvalue weighted by molar-refractivity contribution is 7.99. The van der Waals surface area contributed by atoms with Gasteiger partial charge in [-0.2, -0.15) is 11.8 Å². The third-order valence-corrected chi connectivity index (χ3v) is 4.08. The molecule has 92 valence electrons. The Morgan fingerprint density at radius 1 is 1.29 bits per heavy atom. The number of hydrogen-bond donors (Lipinski definition) is 0. The van der Waals surface area contributed by atoms with Gasteiger partial charge < -0.3 is 4.90 Å². The number of carbonyl (C=O) groups is 1. The zero-order chi connectivity index (χ0) is 12.1. The maximum atomic E-state index is 12.2. The number of Topliss-reactive ketones (excluding diaryl/α,β-unsaturated/α-hetero) is 1. The van der Waals surface area contributed by atoms with Crippen LogP contribution in [-0.4, -0.2) is 41.8 Å². The van der Waals surface area contributed by atoms with E-state index in [-0.39, 0.29) is 11.7 Å². The van der Waals surface area contributed by atoms with Gasteiger partial charge in [0.05, 0.1) is 0 Å². The number of rotatable bonds is 4. The summed E-state index contributed by atoms with van der Waals surface area (Å²) in [4.78, 5) is 14.6. The predicted octanol–water partition coefficient (Wildman–Crippen LogP) is 2.55. The average molecular weight is 249 g/mol. The molecule has 0 amide bonds. The molecule has 1 fully saturated rings. The molecule has 2 rings (SSSR count). The van der Waals surface area contributed by atoms with E-state index in [1.54, 1.807) is 0 Å². The Labute approximate surface area is 107 Å². The first-order chi connectivity index (χ1) is 8.27. The lowest BCUT2D eigenvalue weighted by Gasteiger charge is -2.28. The summed E-state index contributed by atoms with van der Waals surface area (Å²) in [7, 11) is 0. The Balaban J connectivity index is 1.91. The second-order valence-electron chi connectivity index (χ2n) is 4.54. The van der Waals surface area contributed by atoms with Crippen molar-refractivity contribution in [3.8, 4) is 0 Å². The number of nitrogens with zero attached hydrogens (tertiary/aromatic N) is 1. The van der Waals surface area contributed by atoms with Crippen molar-refractivity contribution >= 4 is 17.5 Å². The van der Waals surface area contributed by atoms with Gasteiger partial charge in [0.2, 0.25) is 0 Å². The van der Waals surface area contributed by atoms with Crippen LogP contribution in [0.2, 0.25) is 0 Å². The molecule has 1 aliphatic heterocycles. The van der Waals surface area contributed by atoms with E-state index in [0.717, 1.165) is 25.2 Å². The summed E-state index contributed by atoms with van der Waals surface area (Å²) in [6.45, 7) is 5.18. The van der Waals surface area contributed by atoms with Crippen molar-refractivity contribution in [3.05, 3.63) is 35.9 Å². The highest BCUT2D eigenvalue weighted by atomic mass is 32.2. The molecule has 0 radical (unpaired) electrons. The molecule has 1 aliphatic rings. The van der Waals surface area contributed by atoms with Crippen LogP contribution in [0.5, 0.6) is 0 Å². The first-order valence-corrected chi connectivity index (χ1v) is 7.32. The van der Waals surface area contributed by atoms with Gasteiger partial charge in [-0.05, 0) is 0 Å². The van der Waals surface area contributed by atoms with Gasteiger partial charge in [-0.3, -0.25) is 4.79 Å². The summed E-state index contributed by atoms with van der Waals surface area (Å²) in [5, 5.41) is 0. The summed E-state index contributed by atoms with van der Waals surface area (Å²) in [6, 6.07) is 9.62. The van der Waals surface area contributed by atoms with Crippen LogP contribution in [-0.2, 0) is 0 Å². The van der Waals surface area contributed by atoms with Crippen molar-refractivity contribution < 1.29 is 4.79 Å². The molecule has 1 unspecified atom stereocenters. The zero-order valence-electron chi connectivity index (χ0n) is 10.3. The molecule has 1 atom stereocenters. The molecule has 1 heterocycles. The number of benzene rings is 1. The number of hydrogen-bond acceptors (Lipinski definition) is 3. The molecule has 1 saturated heterocycles. The molecule has 0 bridgehead atoms. The monoisotopic (exact) mass is 249 g/mol. The van der Waals surface area contributed by atoms with Crippen LogP contribution in [0.1, 0.15) is 17.3 Å². The summed E-state index contributed by atoms with van der Waals surface area (Å²) in [5.74, 6) is 2.77. The van der Waals surface area contributed by atoms with Gasteiger partial charge in [-0.1, -0.05) is 37.3 Å². The number of carbonyl (C=O) groups excluding carboxylic acids is 1. The van der Waals surface area contributed by atoms with E-state index in [9.17, 15) is 4.79 Å². The van der Waals surface area contributed by atoms with E-state index in [2.05, 4.69) is 4.90 Å². The molecule has 0 saturated carbocycles. The average Bonchev–Trinajstić information content (AvgIpc) is 2.40. The van der Waals surface area contributed by atoms with Crippen LogP contribution in [0.4, 0.5) is 0 Å². The fourth-order valence-corrected chi connectivity index (χ4v) is 3.12. The quantitative estimate of drug-likeness (QED) is 0.765. The Morgan fingerprint density at radius 2 is 1.94 bits per heavy atom. The van der Waals surface area contributed by atoms with Crippen LogP contribution in [0.3, 0.4) is 0 Å². The van der Waals surface area contributed by atoms with E-state index >= 15 is 0 Å². The number of thioether (sulfide) groups is 1. The summed E-state index contributed by atoms with van der Waals surface area (Å²) < 4.78 is 0. The van der Waals surface area contributed by atoms with E-state index in [4.69, 9.17) is 0 Å². The molecule has 17 heavy (non-hydrogen) atoms. The molecule has 0 aliphatic carbocycles. The minimum Gasteiger partial charge on any atom is -0.301 e. The van der Waals surface area contributed by atoms with E-state index < -0.39 is 0 Å². The highest BCUT2D eigenvalue weighted by Gasteiger charge is 2.19. The Bertz CT molecular complexity index is 360. The van der Waals surface area contributed by atoms with Gasteiger partial charge >= 0.3 is 0 Å². The van der Waals surface area contributed by atoms with E-state index in [0.29, 0.717) is 0 Å². The molecule has 3 heteroatoms. The third kappa shape index (κ3) is 3.58. The highest BCUT2D eigenvalue weighted by Crippen LogP contribution is 2.14. The summed E-state index contributed by atoms with van der Waals surface area (Å²) in [6.07, 6.45) is 0. The SMILES string of the molecule is CC(CN1CCSCC1)C(=O)c1ccccc1. The Kier molecular flexibility index (Phi) is 4.63. The predicted molar refractivity (Wildman–Crippen MR) is 73.7 cm³/mol. The lowest BCUT2D eigenvalue weighted by molar-refractivity contribution is 0.0898. The minimum absolute atomic E-state index is 0.0977. The molecule has 2 nitrogen and oxygen atoms in total. The molecule has 0 spiro atoms.